The van der Waals surface area contributed by atoms with Gasteiger partial charge in [0.15, 0.2) is 9.84 Å². The molecule has 0 saturated heterocycles. The SMILES string of the molecule is CCCCc1ccc(CCCCCCCS(=O)(=O)C(C)C)cc1. The normalized spacial score (nSPS) is 12.0. The average molecular weight is 339 g/mol. The van der Waals surface area contributed by atoms with Crippen LogP contribution in [0.15, 0.2) is 24.3 Å². The second-order valence-electron chi connectivity index (χ2n) is 6.85. The van der Waals surface area contributed by atoms with E-state index in [0.29, 0.717) is 5.75 Å². The monoisotopic (exact) mass is 338 g/mol. The molecule has 0 fully saturated rings. The first-order chi connectivity index (χ1) is 11.0. The summed E-state index contributed by atoms with van der Waals surface area (Å²) >= 11 is 0. The predicted octanol–water partition coefficient (Wildman–Crippen LogP) is 5.35. The van der Waals surface area contributed by atoms with Crippen LogP contribution in [0.5, 0.6) is 0 Å². The van der Waals surface area contributed by atoms with Gasteiger partial charge in [-0.15, -0.1) is 0 Å². The van der Waals surface area contributed by atoms with Crippen molar-refractivity contribution in [3.63, 3.8) is 0 Å². The summed E-state index contributed by atoms with van der Waals surface area (Å²) in [7, 11) is -2.84. The van der Waals surface area contributed by atoms with Gasteiger partial charge in [0.2, 0.25) is 0 Å². The summed E-state index contributed by atoms with van der Waals surface area (Å²) in [6.07, 6.45) is 10.2. The van der Waals surface area contributed by atoms with Crippen LogP contribution in [0.3, 0.4) is 0 Å². The molecule has 1 rings (SSSR count). The second-order valence-corrected chi connectivity index (χ2v) is 9.53. The van der Waals surface area contributed by atoms with Crippen molar-refractivity contribution in [1.29, 1.82) is 0 Å². The second kappa shape index (κ2) is 10.9. The Kier molecular flexibility index (Phi) is 9.54. The maximum Gasteiger partial charge on any atom is 0.152 e. The number of benzene rings is 1. The zero-order chi connectivity index (χ0) is 17.1. The van der Waals surface area contributed by atoms with Gasteiger partial charge in [-0.1, -0.05) is 56.9 Å². The Balaban J connectivity index is 2.11. The van der Waals surface area contributed by atoms with Crippen molar-refractivity contribution in [1.82, 2.24) is 0 Å². The molecule has 132 valence electrons. The molecule has 0 aromatic heterocycles. The van der Waals surface area contributed by atoms with E-state index in [1.807, 2.05) is 0 Å². The minimum Gasteiger partial charge on any atom is -0.229 e. The molecule has 0 saturated carbocycles. The largest absolute Gasteiger partial charge is 0.229 e. The van der Waals surface area contributed by atoms with Crippen LogP contribution in [0, 0.1) is 0 Å². The Labute approximate surface area is 143 Å². The smallest absolute Gasteiger partial charge is 0.152 e. The van der Waals surface area contributed by atoms with Gasteiger partial charge in [0.05, 0.1) is 11.0 Å². The van der Waals surface area contributed by atoms with Crippen LogP contribution in [-0.2, 0) is 22.7 Å². The average Bonchev–Trinajstić information content (AvgIpc) is 2.53. The van der Waals surface area contributed by atoms with Crippen molar-refractivity contribution in [2.45, 2.75) is 83.8 Å². The van der Waals surface area contributed by atoms with Gasteiger partial charge in [-0.2, -0.15) is 0 Å². The lowest BCUT2D eigenvalue weighted by atomic mass is 10.0. The van der Waals surface area contributed by atoms with E-state index in [1.165, 1.54) is 43.2 Å². The van der Waals surface area contributed by atoms with Crippen LogP contribution in [0.25, 0.3) is 0 Å². The van der Waals surface area contributed by atoms with Crippen LogP contribution in [0.4, 0.5) is 0 Å². The summed E-state index contributed by atoms with van der Waals surface area (Å²) in [5.74, 6) is 0.351. The molecule has 3 heteroatoms. The molecule has 0 amide bonds. The van der Waals surface area contributed by atoms with E-state index >= 15 is 0 Å². The van der Waals surface area contributed by atoms with E-state index < -0.39 is 9.84 Å². The van der Waals surface area contributed by atoms with E-state index in [-0.39, 0.29) is 5.25 Å². The van der Waals surface area contributed by atoms with E-state index in [0.717, 1.165) is 25.7 Å². The lowest BCUT2D eigenvalue weighted by Gasteiger charge is -2.07. The number of rotatable bonds is 12. The maximum absolute atomic E-state index is 11.7. The fraction of sp³-hybridized carbons (Fsp3) is 0.700. The molecule has 23 heavy (non-hydrogen) atoms. The fourth-order valence-electron chi connectivity index (χ4n) is 2.65. The predicted molar refractivity (Wildman–Crippen MR) is 101 cm³/mol. The van der Waals surface area contributed by atoms with Crippen LogP contribution in [0.2, 0.25) is 0 Å². The lowest BCUT2D eigenvalue weighted by molar-refractivity contribution is 0.577. The number of unbranched alkanes of at least 4 members (excludes halogenated alkanes) is 5. The first-order valence-corrected chi connectivity index (χ1v) is 11.0. The quantitative estimate of drug-likeness (QED) is 0.482. The molecule has 0 atom stereocenters. The summed E-state index contributed by atoms with van der Waals surface area (Å²) in [6, 6.07) is 9.06. The summed E-state index contributed by atoms with van der Waals surface area (Å²) in [5, 5.41) is -0.234. The van der Waals surface area contributed by atoms with Gasteiger partial charge in [-0.05, 0) is 57.1 Å². The van der Waals surface area contributed by atoms with Crippen LogP contribution in [0.1, 0.15) is 76.8 Å². The molecular formula is C20H34O2S. The zero-order valence-electron chi connectivity index (χ0n) is 15.2. The number of hydrogen-bond donors (Lipinski definition) is 0. The lowest BCUT2D eigenvalue weighted by Crippen LogP contribution is -2.17. The van der Waals surface area contributed by atoms with Crippen molar-refractivity contribution in [3.05, 3.63) is 35.4 Å². The third kappa shape index (κ3) is 8.55. The molecule has 0 spiro atoms. The standard InChI is InChI=1S/C20H34O2S/c1-4-5-11-19-13-15-20(16-14-19)12-9-7-6-8-10-17-23(21,22)18(2)3/h13-16,18H,4-12,17H2,1-3H3. The molecule has 0 aliphatic rings. The number of sulfone groups is 1. The van der Waals surface area contributed by atoms with Gasteiger partial charge in [-0.3, -0.25) is 0 Å². The van der Waals surface area contributed by atoms with E-state index in [9.17, 15) is 8.42 Å². The maximum atomic E-state index is 11.7. The van der Waals surface area contributed by atoms with Crippen LogP contribution in [-0.4, -0.2) is 19.4 Å². The molecule has 0 aliphatic heterocycles. The number of hydrogen-bond acceptors (Lipinski definition) is 2. The number of aryl methyl sites for hydroxylation is 2. The Hall–Kier alpha value is -0.830. The highest BCUT2D eigenvalue weighted by Crippen LogP contribution is 2.13. The topological polar surface area (TPSA) is 34.1 Å². The Morgan fingerprint density at radius 1 is 0.783 bits per heavy atom. The van der Waals surface area contributed by atoms with Gasteiger partial charge < -0.3 is 0 Å². The summed E-state index contributed by atoms with van der Waals surface area (Å²) in [4.78, 5) is 0. The van der Waals surface area contributed by atoms with Gasteiger partial charge in [0, 0.05) is 0 Å². The Morgan fingerprint density at radius 2 is 1.26 bits per heavy atom. The Morgan fingerprint density at radius 3 is 1.78 bits per heavy atom. The van der Waals surface area contributed by atoms with Crippen molar-refractivity contribution in [2.24, 2.45) is 0 Å². The molecular weight excluding hydrogens is 304 g/mol. The van der Waals surface area contributed by atoms with E-state index in [4.69, 9.17) is 0 Å². The van der Waals surface area contributed by atoms with Crippen molar-refractivity contribution in [2.75, 3.05) is 5.75 Å². The first kappa shape index (κ1) is 20.2. The molecule has 0 unspecified atom stereocenters. The van der Waals surface area contributed by atoms with Crippen molar-refractivity contribution in [3.8, 4) is 0 Å². The minimum atomic E-state index is -2.84. The molecule has 0 heterocycles. The first-order valence-electron chi connectivity index (χ1n) is 9.25. The highest BCUT2D eigenvalue weighted by atomic mass is 32.2. The molecule has 0 radical (unpaired) electrons. The van der Waals surface area contributed by atoms with E-state index in [1.54, 1.807) is 13.8 Å². The van der Waals surface area contributed by atoms with Gasteiger partial charge in [0.25, 0.3) is 0 Å². The van der Waals surface area contributed by atoms with E-state index in [2.05, 4.69) is 31.2 Å². The third-order valence-electron chi connectivity index (χ3n) is 4.45. The van der Waals surface area contributed by atoms with Crippen molar-refractivity contribution >= 4 is 9.84 Å². The van der Waals surface area contributed by atoms with Crippen LogP contribution >= 0.6 is 0 Å². The molecule has 2 nitrogen and oxygen atoms in total. The minimum absolute atomic E-state index is 0.234. The summed E-state index contributed by atoms with van der Waals surface area (Å²) in [5.41, 5.74) is 2.87. The molecule has 1 aromatic rings. The molecule has 1 aromatic carbocycles. The van der Waals surface area contributed by atoms with Gasteiger partial charge in [-0.25, -0.2) is 8.42 Å². The fourth-order valence-corrected chi connectivity index (χ4v) is 3.73. The highest BCUT2D eigenvalue weighted by Gasteiger charge is 2.14. The molecule has 0 bridgehead atoms. The molecule has 0 N–H and O–H groups in total. The Bertz CT molecular complexity index is 515. The highest BCUT2D eigenvalue weighted by molar-refractivity contribution is 7.91. The van der Waals surface area contributed by atoms with Crippen LogP contribution < -0.4 is 0 Å². The summed E-state index contributed by atoms with van der Waals surface area (Å²) in [6.45, 7) is 5.76. The van der Waals surface area contributed by atoms with Gasteiger partial charge >= 0.3 is 0 Å². The van der Waals surface area contributed by atoms with Crippen molar-refractivity contribution < 1.29 is 8.42 Å². The van der Waals surface area contributed by atoms with Gasteiger partial charge in [0.1, 0.15) is 0 Å². The summed E-state index contributed by atoms with van der Waals surface area (Å²) < 4.78 is 23.4. The zero-order valence-corrected chi connectivity index (χ0v) is 16.0. The third-order valence-corrected chi connectivity index (χ3v) is 6.75. The molecule has 0 aliphatic carbocycles.